The molecule has 0 bridgehead atoms. The first kappa shape index (κ1) is 14.4. The molecule has 1 fully saturated rings. The van der Waals surface area contributed by atoms with Crippen LogP contribution in [0.25, 0.3) is 0 Å². The Morgan fingerprint density at radius 2 is 1.89 bits per heavy atom. The molecule has 0 radical (unpaired) electrons. The average Bonchev–Trinajstić information content (AvgIpc) is 2.42. The van der Waals surface area contributed by atoms with Gasteiger partial charge in [-0.05, 0) is 55.7 Å². The van der Waals surface area contributed by atoms with Crippen LogP contribution in [0, 0.1) is 19.8 Å². The minimum absolute atomic E-state index is 0.100. The van der Waals surface area contributed by atoms with Crippen LogP contribution >= 0.6 is 0 Å². The number of benzene rings is 1. The van der Waals surface area contributed by atoms with Crippen molar-refractivity contribution in [2.24, 2.45) is 5.92 Å². The van der Waals surface area contributed by atoms with E-state index >= 15 is 0 Å². The predicted molar refractivity (Wildman–Crippen MR) is 78.5 cm³/mol. The molecule has 19 heavy (non-hydrogen) atoms. The lowest BCUT2D eigenvalue weighted by molar-refractivity contribution is 0.120. The maximum atomic E-state index is 9.22. The van der Waals surface area contributed by atoms with Crippen LogP contribution in [0.3, 0.4) is 0 Å². The monoisotopic (exact) mass is 262 g/mol. The highest BCUT2D eigenvalue weighted by molar-refractivity contribution is 5.43. The maximum absolute atomic E-state index is 9.22. The van der Waals surface area contributed by atoms with Gasteiger partial charge in [-0.1, -0.05) is 31.9 Å². The number of hydrogen-bond donors (Lipinski definition) is 1. The van der Waals surface area contributed by atoms with E-state index in [1.165, 1.54) is 32.1 Å². The van der Waals surface area contributed by atoms with E-state index in [2.05, 4.69) is 20.8 Å². The number of aliphatic hydroxyl groups is 1. The Morgan fingerprint density at radius 1 is 1.21 bits per heavy atom. The van der Waals surface area contributed by atoms with E-state index in [-0.39, 0.29) is 6.61 Å². The molecule has 1 aliphatic rings. The Labute approximate surface area is 116 Å². The summed E-state index contributed by atoms with van der Waals surface area (Å²) in [5.41, 5.74) is 3.25. The smallest absolute Gasteiger partial charge is 0.125 e. The first-order valence-electron chi connectivity index (χ1n) is 7.51. The van der Waals surface area contributed by atoms with E-state index in [1.54, 1.807) is 0 Å². The molecule has 1 aromatic rings. The van der Waals surface area contributed by atoms with E-state index in [1.807, 2.05) is 12.1 Å². The van der Waals surface area contributed by atoms with Gasteiger partial charge in [-0.15, -0.1) is 0 Å². The van der Waals surface area contributed by atoms with E-state index in [9.17, 15) is 5.11 Å². The Bertz CT molecular complexity index is 402. The molecule has 1 aromatic carbocycles. The number of rotatable bonds is 4. The second kappa shape index (κ2) is 6.42. The standard InChI is InChI=1S/C17H26O2/c1-4-14-6-5-7-16(10-14)19-17-12(2)8-15(11-18)9-13(17)3/h8-9,14,16,18H,4-7,10-11H2,1-3H3. The zero-order chi connectivity index (χ0) is 13.8. The third-order valence-corrected chi connectivity index (χ3v) is 4.30. The van der Waals surface area contributed by atoms with Crippen LogP contribution in [0.1, 0.15) is 55.7 Å². The van der Waals surface area contributed by atoms with Crippen molar-refractivity contribution in [1.82, 2.24) is 0 Å². The Hall–Kier alpha value is -1.02. The largest absolute Gasteiger partial charge is 0.490 e. The van der Waals surface area contributed by atoms with Crippen LogP contribution < -0.4 is 4.74 Å². The van der Waals surface area contributed by atoms with Crippen molar-refractivity contribution in [1.29, 1.82) is 0 Å². The number of hydrogen-bond acceptors (Lipinski definition) is 2. The van der Waals surface area contributed by atoms with E-state index in [0.29, 0.717) is 6.10 Å². The van der Waals surface area contributed by atoms with Crippen LogP contribution in [-0.4, -0.2) is 11.2 Å². The minimum atomic E-state index is 0.100. The topological polar surface area (TPSA) is 29.5 Å². The first-order chi connectivity index (χ1) is 9.13. The molecule has 2 rings (SSSR count). The van der Waals surface area contributed by atoms with E-state index in [4.69, 9.17) is 4.74 Å². The van der Waals surface area contributed by atoms with Gasteiger partial charge in [-0.3, -0.25) is 0 Å². The van der Waals surface area contributed by atoms with Crippen LogP contribution in [-0.2, 0) is 6.61 Å². The zero-order valence-electron chi connectivity index (χ0n) is 12.4. The van der Waals surface area contributed by atoms with Crippen molar-refractivity contribution in [3.63, 3.8) is 0 Å². The Kier molecular flexibility index (Phi) is 4.87. The summed E-state index contributed by atoms with van der Waals surface area (Å²) < 4.78 is 6.27. The normalized spacial score (nSPS) is 23.4. The van der Waals surface area contributed by atoms with Gasteiger partial charge in [-0.2, -0.15) is 0 Å². The van der Waals surface area contributed by atoms with E-state index in [0.717, 1.165) is 28.4 Å². The van der Waals surface area contributed by atoms with Gasteiger partial charge >= 0.3 is 0 Å². The summed E-state index contributed by atoms with van der Waals surface area (Å²) in [6.45, 7) is 6.52. The molecule has 0 saturated heterocycles. The van der Waals surface area contributed by atoms with Crippen LogP contribution in [0.5, 0.6) is 5.75 Å². The highest BCUT2D eigenvalue weighted by Crippen LogP contribution is 2.32. The zero-order valence-corrected chi connectivity index (χ0v) is 12.4. The fraction of sp³-hybridized carbons (Fsp3) is 0.647. The number of aliphatic hydroxyl groups excluding tert-OH is 1. The SMILES string of the molecule is CCC1CCCC(Oc2c(C)cc(CO)cc2C)C1. The third kappa shape index (κ3) is 3.50. The molecule has 2 atom stereocenters. The van der Waals surface area contributed by atoms with Gasteiger partial charge in [0.05, 0.1) is 12.7 Å². The summed E-state index contributed by atoms with van der Waals surface area (Å²) >= 11 is 0. The minimum Gasteiger partial charge on any atom is -0.490 e. The lowest BCUT2D eigenvalue weighted by Gasteiger charge is -2.30. The first-order valence-corrected chi connectivity index (χ1v) is 7.51. The van der Waals surface area contributed by atoms with Crippen molar-refractivity contribution < 1.29 is 9.84 Å². The van der Waals surface area contributed by atoms with Crippen molar-refractivity contribution in [3.8, 4) is 5.75 Å². The quantitative estimate of drug-likeness (QED) is 0.883. The van der Waals surface area contributed by atoms with Crippen LogP contribution in [0.2, 0.25) is 0 Å². The molecule has 1 saturated carbocycles. The lowest BCUT2D eigenvalue weighted by Crippen LogP contribution is -2.25. The highest BCUT2D eigenvalue weighted by atomic mass is 16.5. The molecule has 106 valence electrons. The van der Waals surface area contributed by atoms with Gasteiger partial charge in [0.1, 0.15) is 5.75 Å². The second-order valence-electron chi connectivity index (χ2n) is 5.90. The predicted octanol–water partition coefficient (Wildman–Crippen LogP) is 4.14. The molecule has 0 amide bonds. The maximum Gasteiger partial charge on any atom is 0.125 e. The fourth-order valence-corrected chi connectivity index (χ4v) is 3.20. The van der Waals surface area contributed by atoms with E-state index < -0.39 is 0 Å². The molecule has 0 heterocycles. The molecule has 0 aromatic heterocycles. The van der Waals surface area contributed by atoms with Gasteiger partial charge in [0.15, 0.2) is 0 Å². The Morgan fingerprint density at radius 3 is 2.47 bits per heavy atom. The van der Waals surface area contributed by atoms with Crippen molar-refractivity contribution in [2.75, 3.05) is 0 Å². The molecule has 1 N–H and O–H groups in total. The van der Waals surface area contributed by atoms with Gasteiger partial charge < -0.3 is 9.84 Å². The summed E-state index contributed by atoms with van der Waals surface area (Å²) in [6.07, 6.45) is 6.65. The molecule has 2 unspecified atom stereocenters. The summed E-state index contributed by atoms with van der Waals surface area (Å²) in [5, 5.41) is 9.22. The van der Waals surface area contributed by atoms with Crippen molar-refractivity contribution in [3.05, 3.63) is 28.8 Å². The second-order valence-corrected chi connectivity index (χ2v) is 5.90. The lowest BCUT2D eigenvalue weighted by atomic mass is 9.85. The van der Waals surface area contributed by atoms with Crippen molar-refractivity contribution >= 4 is 0 Å². The molecule has 2 nitrogen and oxygen atoms in total. The van der Waals surface area contributed by atoms with Crippen molar-refractivity contribution in [2.45, 2.75) is 65.6 Å². The number of ether oxygens (including phenoxy) is 1. The van der Waals surface area contributed by atoms with Gasteiger partial charge in [0, 0.05) is 0 Å². The molecular formula is C17H26O2. The van der Waals surface area contributed by atoms with Gasteiger partial charge in [-0.25, -0.2) is 0 Å². The third-order valence-electron chi connectivity index (χ3n) is 4.30. The molecular weight excluding hydrogens is 236 g/mol. The average molecular weight is 262 g/mol. The molecule has 1 aliphatic carbocycles. The van der Waals surface area contributed by atoms with Gasteiger partial charge in [0.2, 0.25) is 0 Å². The summed E-state index contributed by atoms with van der Waals surface area (Å²) in [7, 11) is 0. The number of aryl methyl sites for hydroxylation is 2. The summed E-state index contributed by atoms with van der Waals surface area (Å²) in [4.78, 5) is 0. The highest BCUT2D eigenvalue weighted by Gasteiger charge is 2.23. The molecule has 0 aliphatic heterocycles. The molecule has 2 heteroatoms. The molecule has 0 spiro atoms. The fourth-order valence-electron chi connectivity index (χ4n) is 3.20. The van der Waals surface area contributed by atoms with Gasteiger partial charge in [0.25, 0.3) is 0 Å². The van der Waals surface area contributed by atoms with Crippen LogP contribution in [0.4, 0.5) is 0 Å². The Balaban J connectivity index is 2.10. The summed E-state index contributed by atoms with van der Waals surface area (Å²) in [5.74, 6) is 1.86. The van der Waals surface area contributed by atoms with Crippen LogP contribution in [0.15, 0.2) is 12.1 Å². The summed E-state index contributed by atoms with van der Waals surface area (Å²) in [6, 6.07) is 4.06.